The van der Waals surface area contributed by atoms with Crippen molar-refractivity contribution in [1.82, 2.24) is 0 Å². The van der Waals surface area contributed by atoms with Gasteiger partial charge >= 0.3 is 0 Å². The lowest BCUT2D eigenvalue weighted by Crippen LogP contribution is -2.21. The third-order valence-corrected chi connectivity index (χ3v) is 4.33. The lowest BCUT2D eigenvalue weighted by molar-refractivity contribution is -0.384. The summed E-state index contributed by atoms with van der Waals surface area (Å²) in [6.45, 7) is 1.70. The van der Waals surface area contributed by atoms with Crippen LogP contribution in [-0.2, 0) is 0 Å². The number of nitro benzene ring substituents is 1. The van der Waals surface area contributed by atoms with E-state index in [1.807, 2.05) is 0 Å². The number of carbonyl (C=O) groups excluding carboxylic acids is 1. The molecule has 2 aromatic carbocycles. The maximum Gasteiger partial charge on any atom is 0.270 e. The van der Waals surface area contributed by atoms with E-state index >= 15 is 0 Å². The monoisotopic (exact) mass is 330 g/mol. The first kappa shape index (κ1) is 15.5. The third kappa shape index (κ3) is 3.05. The number of ketones is 1. The molecule has 23 heavy (non-hydrogen) atoms. The van der Waals surface area contributed by atoms with Crippen LogP contribution in [0.25, 0.3) is 0 Å². The second-order valence-corrected chi connectivity index (χ2v) is 5.87. The first-order valence-corrected chi connectivity index (χ1v) is 7.78. The Morgan fingerprint density at radius 1 is 1.09 bits per heavy atom. The highest BCUT2D eigenvalue weighted by atomic mass is 35.5. The van der Waals surface area contributed by atoms with E-state index in [0.29, 0.717) is 16.1 Å². The average Bonchev–Trinajstić information content (AvgIpc) is 3.08. The molecule has 0 saturated carbocycles. The number of nitro groups is 1. The maximum absolute atomic E-state index is 12.9. The van der Waals surface area contributed by atoms with Gasteiger partial charge in [0.15, 0.2) is 5.78 Å². The van der Waals surface area contributed by atoms with Crippen LogP contribution in [0.3, 0.4) is 0 Å². The van der Waals surface area contributed by atoms with Crippen molar-refractivity contribution in [3.8, 4) is 0 Å². The molecule has 1 aliphatic heterocycles. The maximum atomic E-state index is 12.9. The first-order valence-electron chi connectivity index (χ1n) is 7.40. The highest BCUT2D eigenvalue weighted by molar-refractivity contribution is 6.35. The van der Waals surface area contributed by atoms with Crippen LogP contribution in [0.1, 0.15) is 28.8 Å². The molecule has 0 radical (unpaired) electrons. The van der Waals surface area contributed by atoms with Gasteiger partial charge in [-0.15, -0.1) is 0 Å². The summed E-state index contributed by atoms with van der Waals surface area (Å²) >= 11 is 6.12. The van der Waals surface area contributed by atoms with E-state index in [0.717, 1.165) is 31.6 Å². The molecule has 0 aromatic heterocycles. The fraction of sp³-hybridized carbons (Fsp3) is 0.235. The van der Waals surface area contributed by atoms with Gasteiger partial charge in [-0.05, 0) is 31.0 Å². The smallest absolute Gasteiger partial charge is 0.270 e. The van der Waals surface area contributed by atoms with Crippen LogP contribution in [0, 0.1) is 10.1 Å². The van der Waals surface area contributed by atoms with Crippen molar-refractivity contribution in [2.24, 2.45) is 0 Å². The van der Waals surface area contributed by atoms with Crippen LogP contribution < -0.4 is 4.90 Å². The molecule has 0 aliphatic carbocycles. The molecule has 1 heterocycles. The molecule has 0 unspecified atom stereocenters. The highest BCUT2D eigenvalue weighted by Gasteiger charge is 2.24. The van der Waals surface area contributed by atoms with E-state index in [2.05, 4.69) is 4.90 Å². The summed E-state index contributed by atoms with van der Waals surface area (Å²) in [6, 6.07) is 11.2. The van der Waals surface area contributed by atoms with Crippen molar-refractivity contribution in [3.63, 3.8) is 0 Å². The summed E-state index contributed by atoms with van der Waals surface area (Å²) in [7, 11) is 0. The summed E-state index contributed by atoms with van der Waals surface area (Å²) in [6.07, 6.45) is 2.10. The lowest BCUT2D eigenvalue weighted by atomic mass is 10.00. The van der Waals surface area contributed by atoms with E-state index in [-0.39, 0.29) is 11.5 Å². The Balaban J connectivity index is 2.11. The summed E-state index contributed by atoms with van der Waals surface area (Å²) in [5, 5.41) is 11.4. The zero-order valence-corrected chi connectivity index (χ0v) is 13.1. The van der Waals surface area contributed by atoms with E-state index in [1.165, 1.54) is 12.1 Å². The van der Waals surface area contributed by atoms with Crippen molar-refractivity contribution in [2.45, 2.75) is 12.8 Å². The van der Waals surface area contributed by atoms with Gasteiger partial charge in [-0.25, -0.2) is 0 Å². The van der Waals surface area contributed by atoms with Gasteiger partial charge in [0.1, 0.15) is 0 Å². The molecule has 1 fully saturated rings. The Morgan fingerprint density at radius 2 is 1.78 bits per heavy atom. The second-order valence-electron chi connectivity index (χ2n) is 5.46. The van der Waals surface area contributed by atoms with Crippen molar-refractivity contribution in [1.29, 1.82) is 0 Å². The van der Waals surface area contributed by atoms with E-state index in [1.54, 1.807) is 30.3 Å². The van der Waals surface area contributed by atoms with Gasteiger partial charge in [-0.3, -0.25) is 14.9 Å². The lowest BCUT2D eigenvalue weighted by Gasteiger charge is -2.20. The Morgan fingerprint density at radius 3 is 2.43 bits per heavy atom. The SMILES string of the molecule is O=C(c1ccccc1Cl)c1cc([N+](=O)[O-])ccc1N1CCCC1. The fourth-order valence-electron chi connectivity index (χ4n) is 2.84. The Bertz CT molecular complexity index is 770. The van der Waals surface area contributed by atoms with E-state index in [9.17, 15) is 14.9 Å². The van der Waals surface area contributed by atoms with E-state index in [4.69, 9.17) is 11.6 Å². The van der Waals surface area contributed by atoms with Gasteiger partial charge < -0.3 is 4.90 Å². The zero-order valence-electron chi connectivity index (χ0n) is 12.4. The topological polar surface area (TPSA) is 63.4 Å². The standard InChI is InChI=1S/C17H15ClN2O3/c18-15-6-2-1-5-13(15)17(21)14-11-12(20(22)23)7-8-16(14)19-9-3-4-10-19/h1-2,5-8,11H,3-4,9-10H2. The highest BCUT2D eigenvalue weighted by Crippen LogP contribution is 2.31. The van der Waals surface area contributed by atoms with Gasteiger partial charge in [-0.1, -0.05) is 23.7 Å². The summed E-state index contributed by atoms with van der Waals surface area (Å²) < 4.78 is 0. The predicted octanol–water partition coefficient (Wildman–Crippen LogP) is 4.08. The van der Waals surface area contributed by atoms with Crippen molar-refractivity contribution >= 4 is 28.8 Å². The van der Waals surface area contributed by atoms with Gasteiger partial charge in [0, 0.05) is 36.5 Å². The Hall–Kier alpha value is -2.40. The molecule has 0 atom stereocenters. The number of halogens is 1. The Labute approximate surface area is 138 Å². The fourth-order valence-corrected chi connectivity index (χ4v) is 3.07. The average molecular weight is 331 g/mol. The molecule has 0 N–H and O–H groups in total. The summed E-state index contributed by atoms with van der Waals surface area (Å²) in [4.78, 5) is 25.6. The molecular weight excluding hydrogens is 316 g/mol. The van der Waals surface area contributed by atoms with Crippen LogP contribution in [0.15, 0.2) is 42.5 Å². The minimum Gasteiger partial charge on any atom is -0.371 e. The zero-order chi connectivity index (χ0) is 16.4. The van der Waals surface area contributed by atoms with Crippen LogP contribution >= 0.6 is 11.6 Å². The minimum atomic E-state index is -0.489. The molecule has 0 amide bonds. The molecule has 3 rings (SSSR count). The van der Waals surface area contributed by atoms with Crippen molar-refractivity contribution < 1.29 is 9.72 Å². The van der Waals surface area contributed by atoms with Gasteiger partial charge in [0.2, 0.25) is 0 Å². The van der Waals surface area contributed by atoms with Crippen molar-refractivity contribution in [3.05, 3.63) is 68.7 Å². The molecule has 118 valence electrons. The largest absolute Gasteiger partial charge is 0.371 e. The molecule has 0 spiro atoms. The molecule has 6 heteroatoms. The predicted molar refractivity (Wildman–Crippen MR) is 89.4 cm³/mol. The van der Waals surface area contributed by atoms with Crippen LogP contribution in [-0.4, -0.2) is 23.8 Å². The molecule has 0 bridgehead atoms. The summed E-state index contributed by atoms with van der Waals surface area (Å²) in [5.41, 5.74) is 1.32. The molecular formula is C17H15ClN2O3. The van der Waals surface area contributed by atoms with Gasteiger partial charge in [-0.2, -0.15) is 0 Å². The number of non-ortho nitro benzene ring substituents is 1. The molecule has 2 aromatic rings. The Kier molecular flexibility index (Phi) is 4.30. The van der Waals surface area contributed by atoms with Gasteiger partial charge in [0.05, 0.1) is 15.5 Å². The number of anilines is 1. The van der Waals surface area contributed by atoms with Crippen LogP contribution in [0.4, 0.5) is 11.4 Å². The quantitative estimate of drug-likeness (QED) is 0.481. The molecule has 1 aliphatic rings. The van der Waals surface area contributed by atoms with Crippen molar-refractivity contribution in [2.75, 3.05) is 18.0 Å². The number of carbonyl (C=O) groups is 1. The molecule has 5 nitrogen and oxygen atoms in total. The van der Waals surface area contributed by atoms with E-state index < -0.39 is 4.92 Å². The number of hydrogen-bond acceptors (Lipinski definition) is 4. The number of rotatable bonds is 4. The molecule has 1 saturated heterocycles. The summed E-state index contributed by atoms with van der Waals surface area (Å²) in [5.74, 6) is -0.291. The minimum absolute atomic E-state index is 0.0941. The van der Waals surface area contributed by atoms with Crippen LogP contribution in [0.5, 0.6) is 0 Å². The number of nitrogens with zero attached hydrogens (tertiary/aromatic N) is 2. The number of hydrogen-bond donors (Lipinski definition) is 0. The van der Waals surface area contributed by atoms with Gasteiger partial charge in [0.25, 0.3) is 5.69 Å². The first-order chi connectivity index (χ1) is 11.1. The van der Waals surface area contributed by atoms with Crippen LogP contribution in [0.2, 0.25) is 5.02 Å². The second kappa shape index (κ2) is 6.38. The number of benzene rings is 2. The normalized spacial score (nSPS) is 14.0. The third-order valence-electron chi connectivity index (χ3n) is 4.00.